The largest absolute Gasteiger partial charge is 0.490 e. The number of halogens is 2. The fourth-order valence-corrected chi connectivity index (χ4v) is 7.42. The number of hydrogen-bond acceptors (Lipinski definition) is 8. The van der Waals surface area contributed by atoms with Gasteiger partial charge >= 0.3 is 5.97 Å². The second-order valence-corrected chi connectivity index (χ2v) is 13.6. The van der Waals surface area contributed by atoms with Crippen LogP contribution in [0.1, 0.15) is 74.2 Å². The highest BCUT2D eigenvalue weighted by molar-refractivity contribution is 9.10. The predicted molar refractivity (Wildman–Crippen MR) is 184 cm³/mol. The van der Waals surface area contributed by atoms with Crippen molar-refractivity contribution in [3.63, 3.8) is 0 Å². The lowest BCUT2D eigenvalue weighted by Gasteiger charge is -2.30. The van der Waals surface area contributed by atoms with Crippen LogP contribution in [0.5, 0.6) is 11.5 Å². The maximum Gasteiger partial charge on any atom is 0.338 e. The van der Waals surface area contributed by atoms with E-state index in [0.717, 1.165) is 48.8 Å². The van der Waals surface area contributed by atoms with Crippen LogP contribution in [0.15, 0.2) is 81.6 Å². The number of ether oxygens (including phenoxy) is 3. The third-order valence-corrected chi connectivity index (χ3v) is 9.78. The Morgan fingerprint density at radius 3 is 2.64 bits per heavy atom. The maximum absolute atomic E-state index is 14.4. The number of carbonyl (C=O) groups is 1. The molecule has 6 rings (SSSR count). The number of thioether (sulfide) groups is 1. The molecule has 2 heterocycles. The molecule has 1 unspecified atom stereocenters. The molecule has 1 N–H and O–H groups in total. The molecule has 1 aliphatic heterocycles. The van der Waals surface area contributed by atoms with Crippen molar-refractivity contribution < 1.29 is 23.4 Å². The normalized spacial score (nSPS) is 16.4. The summed E-state index contributed by atoms with van der Waals surface area (Å²) in [7, 11) is 0. The number of fused-ring (bicyclic) bond motifs is 1. The Labute approximate surface area is 287 Å². The molecule has 0 saturated heterocycles. The maximum atomic E-state index is 14.4. The Kier molecular flexibility index (Phi) is 10.5. The zero-order chi connectivity index (χ0) is 32.9. The highest BCUT2D eigenvalue weighted by Crippen LogP contribution is 2.44. The lowest BCUT2D eigenvalue weighted by molar-refractivity contribution is -0.146. The van der Waals surface area contributed by atoms with Crippen molar-refractivity contribution in [2.45, 2.75) is 82.5 Å². The van der Waals surface area contributed by atoms with E-state index in [1.165, 1.54) is 17.8 Å². The molecule has 3 aromatic carbocycles. The van der Waals surface area contributed by atoms with Crippen LogP contribution in [0, 0.1) is 12.7 Å². The van der Waals surface area contributed by atoms with Gasteiger partial charge in [0.15, 0.2) is 11.5 Å². The number of anilines is 1. The quantitative estimate of drug-likeness (QED) is 0.121. The second kappa shape index (κ2) is 14.9. The summed E-state index contributed by atoms with van der Waals surface area (Å²) in [6, 6.07) is 18.0. The zero-order valence-electron chi connectivity index (χ0n) is 26.7. The topological polar surface area (TPSA) is 87.5 Å². The third-order valence-electron chi connectivity index (χ3n) is 8.31. The van der Waals surface area contributed by atoms with Crippen molar-refractivity contribution in [3.8, 4) is 11.5 Å². The highest BCUT2D eigenvalue weighted by atomic mass is 79.9. The minimum Gasteiger partial charge on any atom is -0.490 e. The number of aryl methyl sites for hydroxylation is 1. The second-order valence-electron chi connectivity index (χ2n) is 11.8. The van der Waals surface area contributed by atoms with Crippen LogP contribution in [0.25, 0.3) is 0 Å². The lowest BCUT2D eigenvalue weighted by atomic mass is 9.94. The smallest absolute Gasteiger partial charge is 0.338 e. The van der Waals surface area contributed by atoms with Gasteiger partial charge in [-0.1, -0.05) is 66.2 Å². The van der Waals surface area contributed by atoms with Crippen LogP contribution in [-0.4, -0.2) is 33.4 Å². The fourth-order valence-electron chi connectivity index (χ4n) is 6.03. The van der Waals surface area contributed by atoms with E-state index in [1.807, 2.05) is 57.2 Å². The van der Waals surface area contributed by atoms with Crippen LogP contribution < -0.4 is 14.8 Å². The Hall–Kier alpha value is -3.83. The van der Waals surface area contributed by atoms with E-state index in [9.17, 15) is 9.18 Å². The summed E-state index contributed by atoms with van der Waals surface area (Å²) in [6.45, 7) is 6.60. The van der Waals surface area contributed by atoms with E-state index in [2.05, 4.69) is 27.3 Å². The first kappa shape index (κ1) is 33.1. The van der Waals surface area contributed by atoms with Crippen molar-refractivity contribution in [1.29, 1.82) is 0 Å². The highest BCUT2D eigenvalue weighted by Gasteiger charge is 2.37. The number of nitrogens with one attached hydrogen (secondary N) is 1. The lowest BCUT2D eigenvalue weighted by Crippen LogP contribution is -2.32. The van der Waals surface area contributed by atoms with Crippen molar-refractivity contribution >= 4 is 39.6 Å². The van der Waals surface area contributed by atoms with Crippen molar-refractivity contribution in [1.82, 2.24) is 14.8 Å². The molecule has 0 radical (unpaired) electrons. The van der Waals surface area contributed by atoms with Crippen molar-refractivity contribution in [2.24, 2.45) is 0 Å². The minimum atomic E-state index is -0.668. The molecule has 2 aliphatic rings. The average molecular weight is 722 g/mol. The number of benzene rings is 3. The van der Waals surface area contributed by atoms with Gasteiger partial charge in [-0.2, -0.15) is 4.98 Å². The van der Waals surface area contributed by atoms with Crippen LogP contribution >= 0.6 is 27.7 Å². The fraction of sp³-hybridized carbons (Fsp3) is 0.361. The van der Waals surface area contributed by atoms with E-state index in [4.69, 9.17) is 24.3 Å². The van der Waals surface area contributed by atoms with Crippen molar-refractivity contribution in [2.75, 3.05) is 11.9 Å². The first-order valence-electron chi connectivity index (χ1n) is 16.0. The first-order chi connectivity index (χ1) is 22.8. The summed E-state index contributed by atoms with van der Waals surface area (Å²) in [4.78, 5) is 18.7. The van der Waals surface area contributed by atoms with E-state index < -0.39 is 6.04 Å². The average Bonchev–Trinajstić information content (AvgIpc) is 3.46. The van der Waals surface area contributed by atoms with Gasteiger partial charge in [-0.25, -0.2) is 13.9 Å². The van der Waals surface area contributed by atoms with Gasteiger partial charge in [0.2, 0.25) is 11.1 Å². The number of rotatable bonds is 11. The van der Waals surface area contributed by atoms with Gasteiger partial charge in [0, 0.05) is 11.4 Å². The molecule has 0 bridgehead atoms. The van der Waals surface area contributed by atoms with Crippen molar-refractivity contribution in [3.05, 3.63) is 104 Å². The minimum absolute atomic E-state index is 0.121. The van der Waals surface area contributed by atoms with Gasteiger partial charge in [0.1, 0.15) is 24.6 Å². The molecule has 246 valence electrons. The van der Waals surface area contributed by atoms with Gasteiger partial charge in [0.25, 0.3) is 0 Å². The summed E-state index contributed by atoms with van der Waals surface area (Å²) in [5, 5.41) is 8.57. The molecule has 0 spiro atoms. The van der Waals surface area contributed by atoms with Gasteiger partial charge in [-0.3, -0.25) is 0 Å². The Morgan fingerprint density at radius 2 is 1.87 bits per heavy atom. The van der Waals surface area contributed by atoms with Crippen LogP contribution in [0.2, 0.25) is 0 Å². The third kappa shape index (κ3) is 7.67. The molecule has 1 fully saturated rings. The van der Waals surface area contributed by atoms with E-state index in [-0.39, 0.29) is 17.9 Å². The van der Waals surface area contributed by atoms with Gasteiger partial charge in [0.05, 0.1) is 16.7 Å². The Balaban J connectivity index is 1.36. The van der Waals surface area contributed by atoms with Crippen LogP contribution in [0.4, 0.5) is 10.3 Å². The number of esters is 1. The molecule has 8 nitrogen and oxygen atoms in total. The SMILES string of the molecule is CCOc1cc(C2C(C(=O)OC3CCCCC3)=C(C)Nc3nc(SCc4ccccc4F)nn32)cc(Br)c1OCc1cccc(C)c1. The molecule has 0 amide bonds. The summed E-state index contributed by atoms with van der Waals surface area (Å²) in [6.07, 6.45) is 4.83. The van der Waals surface area contributed by atoms with E-state index >= 15 is 0 Å². The number of aromatic nitrogens is 3. The van der Waals surface area contributed by atoms with E-state index in [0.29, 0.717) is 62.9 Å². The zero-order valence-corrected chi connectivity index (χ0v) is 29.1. The Bertz CT molecular complexity index is 1790. The molecule has 1 aliphatic carbocycles. The molecular weight excluding hydrogens is 683 g/mol. The number of carbonyl (C=O) groups excluding carboxylic acids is 1. The molecule has 1 saturated carbocycles. The number of nitrogens with zero attached hydrogens (tertiary/aromatic N) is 3. The summed E-state index contributed by atoms with van der Waals surface area (Å²) in [5.74, 6) is 1.28. The Morgan fingerprint density at radius 1 is 1.06 bits per heavy atom. The van der Waals surface area contributed by atoms with Crippen LogP contribution in [-0.2, 0) is 21.9 Å². The predicted octanol–water partition coefficient (Wildman–Crippen LogP) is 8.92. The summed E-state index contributed by atoms with van der Waals surface area (Å²) in [5.41, 5.74) is 4.59. The molecule has 1 aromatic heterocycles. The molecule has 1 atom stereocenters. The molecule has 47 heavy (non-hydrogen) atoms. The molecular formula is C36H38BrFN4O4S. The molecule has 11 heteroatoms. The summed E-state index contributed by atoms with van der Waals surface area (Å²) >= 11 is 5.07. The van der Waals surface area contributed by atoms with Crippen LogP contribution in [0.3, 0.4) is 0 Å². The number of allylic oxidation sites excluding steroid dienone is 1. The number of hydrogen-bond donors (Lipinski definition) is 1. The first-order valence-corrected chi connectivity index (χ1v) is 17.7. The van der Waals surface area contributed by atoms with Gasteiger partial charge in [-0.15, -0.1) is 5.10 Å². The summed E-state index contributed by atoms with van der Waals surface area (Å²) < 4.78 is 35.3. The monoisotopic (exact) mass is 720 g/mol. The van der Waals surface area contributed by atoms with Gasteiger partial charge < -0.3 is 19.5 Å². The van der Waals surface area contributed by atoms with Gasteiger partial charge in [-0.05, 0) is 97.3 Å². The standard InChI is InChI=1S/C36H38BrFN4O4S/c1-4-44-30-19-26(18-28(37)33(30)45-20-24-12-10-11-22(2)17-24)32-31(34(43)46-27-14-6-5-7-15-27)23(3)39-35-40-36(41-42(32)35)47-21-25-13-8-9-16-29(25)38/h8-13,16-19,27,32H,4-7,14-15,20-21H2,1-3H3,(H,39,40,41). The van der Waals surface area contributed by atoms with E-state index in [1.54, 1.807) is 16.8 Å². The molecule has 4 aromatic rings.